The van der Waals surface area contributed by atoms with Crippen molar-refractivity contribution in [2.24, 2.45) is 0 Å². The number of carbonyl (C=O) groups is 3. The van der Waals surface area contributed by atoms with Gasteiger partial charge in [-0.15, -0.1) is 0 Å². The van der Waals surface area contributed by atoms with Gasteiger partial charge < -0.3 is 10.1 Å². The van der Waals surface area contributed by atoms with Gasteiger partial charge in [-0.3, -0.25) is 25.2 Å². The molecule has 7 nitrogen and oxygen atoms in total. The third-order valence-electron chi connectivity index (χ3n) is 4.26. The summed E-state index contributed by atoms with van der Waals surface area (Å²) in [5.41, 5.74) is 8.47. The number of anilines is 1. The Kier molecular flexibility index (Phi) is 7.77. The molecule has 154 valence electrons. The van der Waals surface area contributed by atoms with Crippen molar-refractivity contribution < 1.29 is 19.1 Å². The SMILES string of the molecule is Cc1ccc(OC(C)C(=O)NNC(=O)CCC(=O)Nc2ccc(C)cc2C)cc1. The van der Waals surface area contributed by atoms with E-state index >= 15 is 0 Å². The molecule has 0 fully saturated rings. The van der Waals surface area contributed by atoms with E-state index in [4.69, 9.17) is 4.74 Å². The Morgan fingerprint density at radius 2 is 1.48 bits per heavy atom. The highest BCUT2D eigenvalue weighted by atomic mass is 16.5. The molecule has 0 spiro atoms. The van der Waals surface area contributed by atoms with Gasteiger partial charge >= 0.3 is 0 Å². The first-order chi connectivity index (χ1) is 13.7. The largest absolute Gasteiger partial charge is 0.481 e. The summed E-state index contributed by atoms with van der Waals surface area (Å²) in [7, 11) is 0. The average molecular weight is 397 g/mol. The summed E-state index contributed by atoms with van der Waals surface area (Å²) in [5.74, 6) is -0.655. The van der Waals surface area contributed by atoms with E-state index in [1.54, 1.807) is 19.1 Å². The number of amides is 3. The molecule has 0 saturated carbocycles. The monoisotopic (exact) mass is 397 g/mol. The van der Waals surface area contributed by atoms with Crippen LogP contribution in [0.25, 0.3) is 0 Å². The molecule has 1 unspecified atom stereocenters. The minimum atomic E-state index is -0.786. The Morgan fingerprint density at radius 3 is 2.14 bits per heavy atom. The third-order valence-corrected chi connectivity index (χ3v) is 4.26. The van der Waals surface area contributed by atoms with E-state index < -0.39 is 17.9 Å². The lowest BCUT2D eigenvalue weighted by Crippen LogP contribution is -2.47. The lowest BCUT2D eigenvalue weighted by molar-refractivity contribution is -0.133. The molecule has 0 aliphatic carbocycles. The number of nitrogens with one attached hydrogen (secondary N) is 3. The van der Waals surface area contributed by atoms with Crippen molar-refractivity contribution in [1.29, 1.82) is 0 Å². The number of rotatable bonds is 7. The van der Waals surface area contributed by atoms with Gasteiger partial charge in [-0.1, -0.05) is 35.4 Å². The molecule has 2 aromatic rings. The zero-order chi connectivity index (χ0) is 21.4. The highest BCUT2D eigenvalue weighted by Crippen LogP contribution is 2.16. The molecule has 1 atom stereocenters. The molecule has 0 aromatic heterocycles. The van der Waals surface area contributed by atoms with Crippen LogP contribution in [-0.2, 0) is 14.4 Å². The summed E-state index contributed by atoms with van der Waals surface area (Å²) in [6, 6.07) is 13.0. The van der Waals surface area contributed by atoms with E-state index in [0.717, 1.165) is 22.4 Å². The van der Waals surface area contributed by atoms with E-state index in [-0.39, 0.29) is 18.7 Å². The van der Waals surface area contributed by atoms with Crippen molar-refractivity contribution in [3.63, 3.8) is 0 Å². The molecule has 7 heteroatoms. The first kappa shape index (κ1) is 21.9. The van der Waals surface area contributed by atoms with Gasteiger partial charge in [-0.2, -0.15) is 0 Å². The van der Waals surface area contributed by atoms with Crippen LogP contribution in [0.5, 0.6) is 5.75 Å². The molecule has 29 heavy (non-hydrogen) atoms. The van der Waals surface area contributed by atoms with E-state index in [9.17, 15) is 14.4 Å². The summed E-state index contributed by atoms with van der Waals surface area (Å²) in [4.78, 5) is 35.9. The van der Waals surface area contributed by atoms with Crippen LogP contribution >= 0.6 is 0 Å². The molecule has 2 aromatic carbocycles. The molecule has 0 aliphatic heterocycles. The summed E-state index contributed by atoms with van der Waals surface area (Å²) in [6.45, 7) is 7.42. The number of ether oxygens (including phenoxy) is 1. The first-order valence-corrected chi connectivity index (χ1v) is 9.43. The fourth-order valence-electron chi connectivity index (χ4n) is 2.56. The van der Waals surface area contributed by atoms with Gasteiger partial charge in [-0.05, 0) is 51.5 Å². The summed E-state index contributed by atoms with van der Waals surface area (Å²) >= 11 is 0. The maximum atomic E-state index is 12.0. The zero-order valence-electron chi connectivity index (χ0n) is 17.2. The average Bonchev–Trinajstić information content (AvgIpc) is 2.68. The molecular weight excluding hydrogens is 370 g/mol. The van der Waals surface area contributed by atoms with Crippen LogP contribution in [0.3, 0.4) is 0 Å². The fraction of sp³-hybridized carbons (Fsp3) is 0.318. The van der Waals surface area contributed by atoms with Gasteiger partial charge in [0.05, 0.1) is 0 Å². The second-order valence-electron chi connectivity index (χ2n) is 6.98. The topological polar surface area (TPSA) is 96.5 Å². The predicted octanol–water partition coefficient (Wildman–Crippen LogP) is 2.95. The normalized spacial score (nSPS) is 11.3. The molecule has 2 rings (SSSR count). The van der Waals surface area contributed by atoms with Crippen LogP contribution in [0.15, 0.2) is 42.5 Å². The zero-order valence-corrected chi connectivity index (χ0v) is 17.2. The third kappa shape index (κ3) is 7.29. The highest BCUT2D eigenvalue weighted by molar-refractivity contribution is 5.94. The van der Waals surface area contributed by atoms with Crippen molar-refractivity contribution in [2.75, 3.05) is 5.32 Å². The standard InChI is InChI=1S/C22H27N3O4/c1-14-5-8-18(9-6-14)29-17(4)22(28)25-24-21(27)12-11-20(26)23-19-10-7-15(2)13-16(19)3/h5-10,13,17H,11-12H2,1-4H3,(H,23,26)(H,24,27)(H,25,28). The fourth-order valence-corrected chi connectivity index (χ4v) is 2.56. The van der Waals surface area contributed by atoms with Crippen LogP contribution in [-0.4, -0.2) is 23.8 Å². The Morgan fingerprint density at radius 1 is 0.862 bits per heavy atom. The molecule has 0 bridgehead atoms. The molecule has 3 amide bonds. The van der Waals surface area contributed by atoms with Crippen LogP contribution in [0, 0.1) is 20.8 Å². The minimum Gasteiger partial charge on any atom is -0.481 e. The number of benzene rings is 2. The molecule has 0 heterocycles. The molecule has 3 N–H and O–H groups in total. The Balaban J connectivity index is 1.70. The maximum absolute atomic E-state index is 12.0. The van der Waals surface area contributed by atoms with Crippen LogP contribution < -0.4 is 20.9 Å². The number of hydrogen-bond donors (Lipinski definition) is 3. The van der Waals surface area contributed by atoms with Crippen LogP contribution in [0.4, 0.5) is 5.69 Å². The van der Waals surface area contributed by atoms with Crippen LogP contribution in [0.2, 0.25) is 0 Å². The van der Waals surface area contributed by atoms with Crippen molar-refractivity contribution in [1.82, 2.24) is 10.9 Å². The molecule has 0 aliphatic rings. The number of hydrazine groups is 1. The van der Waals surface area contributed by atoms with Gasteiger partial charge in [0, 0.05) is 18.5 Å². The Bertz CT molecular complexity index is 878. The van der Waals surface area contributed by atoms with Crippen molar-refractivity contribution >= 4 is 23.4 Å². The predicted molar refractivity (Wildman–Crippen MR) is 111 cm³/mol. The maximum Gasteiger partial charge on any atom is 0.279 e. The van der Waals surface area contributed by atoms with Gasteiger partial charge in [0.25, 0.3) is 5.91 Å². The molecular formula is C22H27N3O4. The van der Waals surface area contributed by atoms with E-state index in [0.29, 0.717) is 5.75 Å². The lowest BCUT2D eigenvalue weighted by atomic mass is 10.1. The summed E-state index contributed by atoms with van der Waals surface area (Å²) < 4.78 is 5.52. The van der Waals surface area contributed by atoms with Gasteiger partial charge in [0.15, 0.2) is 6.10 Å². The Hall–Kier alpha value is -3.35. The summed E-state index contributed by atoms with van der Waals surface area (Å²) in [5, 5.41) is 2.78. The highest BCUT2D eigenvalue weighted by Gasteiger charge is 2.16. The van der Waals surface area contributed by atoms with Crippen molar-refractivity contribution in [3.05, 3.63) is 59.2 Å². The number of hydrogen-bond acceptors (Lipinski definition) is 4. The Labute approximate surface area is 170 Å². The van der Waals surface area contributed by atoms with Crippen molar-refractivity contribution in [2.45, 2.75) is 46.6 Å². The van der Waals surface area contributed by atoms with Gasteiger partial charge in [0.1, 0.15) is 5.75 Å². The van der Waals surface area contributed by atoms with E-state index in [1.165, 1.54) is 0 Å². The molecule has 0 radical (unpaired) electrons. The van der Waals surface area contributed by atoms with E-state index in [1.807, 2.05) is 51.1 Å². The first-order valence-electron chi connectivity index (χ1n) is 9.43. The van der Waals surface area contributed by atoms with Crippen molar-refractivity contribution in [3.8, 4) is 5.75 Å². The number of aryl methyl sites for hydroxylation is 3. The van der Waals surface area contributed by atoms with Crippen LogP contribution in [0.1, 0.15) is 36.5 Å². The van der Waals surface area contributed by atoms with Gasteiger partial charge in [0.2, 0.25) is 11.8 Å². The second kappa shape index (κ2) is 10.3. The summed E-state index contributed by atoms with van der Waals surface area (Å²) in [6.07, 6.45) is -0.833. The number of carbonyl (C=O) groups excluding carboxylic acids is 3. The quantitative estimate of drug-likeness (QED) is 0.626. The molecule has 0 saturated heterocycles. The smallest absolute Gasteiger partial charge is 0.279 e. The van der Waals surface area contributed by atoms with E-state index in [2.05, 4.69) is 16.2 Å². The lowest BCUT2D eigenvalue weighted by Gasteiger charge is -2.15. The minimum absolute atomic E-state index is 0.00441. The second-order valence-corrected chi connectivity index (χ2v) is 6.98. The van der Waals surface area contributed by atoms with Gasteiger partial charge in [-0.25, -0.2) is 0 Å².